The standard InChI is InChI=1S/C45H83N7O9/c1-10-11-12-13-14-15-16-17-18-19-20-21-38(56)51-45(8,9)44(61)52-27-33(54)26-36(52)42(59)49-35(25-30(4)5)41(58)50-39(31(6)7)43(60)48-34(22-23-37(46)55)40(57)47-32(28-53)24-29(2)3/h29-36,39,53-54H,10-28H2,1-9H3,(H2,46,55)(H,47,57)(H,48,60)(H,49,59)(H,50,58)(H,51,56)/t32?,33?,34-,35-,36-,39-/m0/s1. The number of nitrogens with two attached hydrogens (primary N) is 1. The summed E-state index contributed by atoms with van der Waals surface area (Å²) in [7, 11) is 0. The number of primary amides is 1. The van der Waals surface area contributed by atoms with Crippen molar-refractivity contribution in [1.29, 1.82) is 0 Å². The molecule has 2 unspecified atom stereocenters. The molecular formula is C45H83N7O9. The second-order valence-electron chi connectivity index (χ2n) is 18.8. The Bertz CT molecular complexity index is 1390. The van der Waals surface area contributed by atoms with Crippen LogP contribution in [0.25, 0.3) is 0 Å². The van der Waals surface area contributed by atoms with Crippen molar-refractivity contribution < 1.29 is 43.8 Å². The fraction of sp³-hybridized carbons (Fsp3) is 0.844. The topological polar surface area (TPSA) is 249 Å². The third-order valence-electron chi connectivity index (χ3n) is 11.1. The summed E-state index contributed by atoms with van der Waals surface area (Å²) in [5.41, 5.74) is 3.98. The summed E-state index contributed by atoms with van der Waals surface area (Å²) in [6.07, 6.45) is 12.2. The number of hydrogen-bond donors (Lipinski definition) is 8. The average Bonchev–Trinajstić information content (AvgIpc) is 3.56. The first kappa shape index (κ1) is 55.2. The Morgan fingerprint density at radius 3 is 1.75 bits per heavy atom. The lowest BCUT2D eigenvalue weighted by atomic mass is 9.98. The van der Waals surface area contributed by atoms with Crippen LogP contribution >= 0.6 is 0 Å². The number of hydrogen-bond acceptors (Lipinski definition) is 9. The molecule has 16 heteroatoms. The van der Waals surface area contributed by atoms with E-state index in [0.29, 0.717) is 12.8 Å². The minimum absolute atomic E-state index is 0.0730. The molecule has 7 amide bonds. The third-order valence-corrected chi connectivity index (χ3v) is 11.1. The maximum absolute atomic E-state index is 13.9. The Labute approximate surface area is 365 Å². The molecule has 0 spiro atoms. The number of likely N-dealkylation sites (tertiary alicyclic amines) is 1. The lowest BCUT2D eigenvalue weighted by Gasteiger charge is -2.34. The van der Waals surface area contributed by atoms with Crippen molar-refractivity contribution in [2.45, 2.75) is 213 Å². The van der Waals surface area contributed by atoms with Crippen LogP contribution in [0.15, 0.2) is 0 Å². The number of nitrogens with one attached hydrogen (secondary N) is 5. The zero-order valence-corrected chi connectivity index (χ0v) is 38.9. The summed E-state index contributed by atoms with van der Waals surface area (Å²) < 4.78 is 0. The molecule has 0 saturated carbocycles. The van der Waals surface area contributed by atoms with Gasteiger partial charge in [-0.05, 0) is 57.3 Å². The van der Waals surface area contributed by atoms with Crippen LogP contribution in [-0.2, 0) is 33.6 Å². The molecule has 0 aliphatic carbocycles. The normalized spacial score (nSPS) is 17.4. The number of unbranched alkanes of at least 4 members (excludes halogenated alkanes) is 10. The predicted octanol–water partition coefficient (Wildman–Crippen LogP) is 3.49. The van der Waals surface area contributed by atoms with Crippen LogP contribution in [-0.4, -0.2) is 111 Å². The second kappa shape index (κ2) is 28.7. The van der Waals surface area contributed by atoms with E-state index in [0.717, 1.165) is 19.3 Å². The number of aliphatic hydroxyl groups is 2. The van der Waals surface area contributed by atoms with Gasteiger partial charge in [0.2, 0.25) is 41.4 Å². The Balaban J connectivity index is 2.99. The molecule has 1 saturated heterocycles. The van der Waals surface area contributed by atoms with Crippen LogP contribution < -0.4 is 32.3 Å². The van der Waals surface area contributed by atoms with Crippen molar-refractivity contribution in [3.8, 4) is 0 Å². The number of aliphatic hydroxyl groups excluding tert-OH is 2. The van der Waals surface area contributed by atoms with Gasteiger partial charge in [0.25, 0.3) is 0 Å². The van der Waals surface area contributed by atoms with Crippen LogP contribution in [0.5, 0.6) is 0 Å². The first-order valence-corrected chi connectivity index (χ1v) is 23.0. The molecular weight excluding hydrogens is 783 g/mol. The van der Waals surface area contributed by atoms with Gasteiger partial charge >= 0.3 is 0 Å². The Morgan fingerprint density at radius 2 is 1.25 bits per heavy atom. The molecule has 1 rings (SSSR count). The zero-order valence-electron chi connectivity index (χ0n) is 38.9. The van der Waals surface area contributed by atoms with E-state index in [9.17, 15) is 43.8 Å². The molecule has 1 heterocycles. The third kappa shape index (κ3) is 21.7. The van der Waals surface area contributed by atoms with E-state index < -0.39 is 83.2 Å². The van der Waals surface area contributed by atoms with Crippen molar-refractivity contribution in [2.75, 3.05) is 13.2 Å². The number of carbonyl (C=O) groups is 7. The Kier molecular flexibility index (Phi) is 26.0. The molecule has 0 aromatic carbocycles. The number of nitrogens with zero attached hydrogens (tertiary/aromatic N) is 1. The molecule has 61 heavy (non-hydrogen) atoms. The summed E-state index contributed by atoms with van der Waals surface area (Å²) in [6, 6.07) is -5.19. The van der Waals surface area contributed by atoms with Gasteiger partial charge in [-0.3, -0.25) is 33.6 Å². The van der Waals surface area contributed by atoms with E-state index >= 15 is 0 Å². The molecule has 352 valence electrons. The number of rotatable bonds is 31. The minimum Gasteiger partial charge on any atom is -0.394 e. The van der Waals surface area contributed by atoms with E-state index in [1.54, 1.807) is 27.7 Å². The Morgan fingerprint density at radius 1 is 0.705 bits per heavy atom. The van der Waals surface area contributed by atoms with Crippen molar-refractivity contribution >= 4 is 41.4 Å². The minimum atomic E-state index is -1.37. The molecule has 1 aliphatic rings. The molecule has 1 aliphatic heterocycles. The Hall–Kier alpha value is -3.79. The number of β-amino-alcohol motifs (C(OH)–C–C–N with tert-alkyl or cyclic N) is 1. The maximum atomic E-state index is 13.9. The van der Waals surface area contributed by atoms with Crippen LogP contribution in [0, 0.1) is 17.8 Å². The highest BCUT2D eigenvalue weighted by molar-refractivity contribution is 5.97. The molecule has 9 N–H and O–H groups in total. The zero-order chi connectivity index (χ0) is 46.3. The average molecular weight is 866 g/mol. The molecule has 1 fully saturated rings. The summed E-state index contributed by atoms with van der Waals surface area (Å²) in [4.78, 5) is 94.5. The smallest absolute Gasteiger partial charge is 0.248 e. The largest absolute Gasteiger partial charge is 0.394 e. The lowest BCUT2D eigenvalue weighted by molar-refractivity contribution is -0.145. The molecule has 6 atom stereocenters. The highest BCUT2D eigenvalue weighted by atomic mass is 16.3. The van der Waals surface area contributed by atoms with Gasteiger partial charge in [-0.1, -0.05) is 113 Å². The summed E-state index contributed by atoms with van der Waals surface area (Å²) in [6.45, 7) is 15.9. The van der Waals surface area contributed by atoms with Crippen molar-refractivity contribution in [3.05, 3.63) is 0 Å². The molecule has 0 aromatic rings. The molecule has 0 radical (unpaired) electrons. The lowest BCUT2D eigenvalue weighted by Crippen LogP contribution is -2.61. The molecule has 16 nitrogen and oxygen atoms in total. The summed E-state index contributed by atoms with van der Waals surface area (Å²) in [5.74, 6) is -4.53. The summed E-state index contributed by atoms with van der Waals surface area (Å²) in [5, 5.41) is 34.1. The first-order valence-electron chi connectivity index (χ1n) is 23.0. The fourth-order valence-electron chi connectivity index (χ4n) is 7.69. The van der Waals surface area contributed by atoms with Crippen LogP contribution in [0.3, 0.4) is 0 Å². The van der Waals surface area contributed by atoms with Crippen molar-refractivity contribution in [2.24, 2.45) is 23.5 Å². The van der Waals surface area contributed by atoms with Gasteiger partial charge in [-0.15, -0.1) is 0 Å². The van der Waals surface area contributed by atoms with Gasteiger partial charge in [0.15, 0.2) is 0 Å². The predicted molar refractivity (Wildman–Crippen MR) is 236 cm³/mol. The van der Waals surface area contributed by atoms with E-state index in [1.165, 1.54) is 49.8 Å². The van der Waals surface area contributed by atoms with Gasteiger partial charge in [0.05, 0.1) is 18.8 Å². The first-order chi connectivity index (χ1) is 28.6. The van der Waals surface area contributed by atoms with Gasteiger partial charge in [-0.25, -0.2) is 0 Å². The van der Waals surface area contributed by atoms with Crippen LogP contribution in [0.2, 0.25) is 0 Å². The molecule has 0 aromatic heterocycles. The highest BCUT2D eigenvalue weighted by Crippen LogP contribution is 2.23. The van der Waals surface area contributed by atoms with Gasteiger partial charge < -0.3 is 47.4 Å². The van der Waals surface area contributed by atoms with Gasteiger partial charge in [0.1, 0.15) is 29.7 Å². The van der Waals surface area contributed by atoms with Crippen molar-refractivity contribution in [3.63, 3.8) is 0 Å². The fourth-order valence-corrected chi connectivity index (χ4v) is 7.69. The van der Waals surface area contributed by atoms with Crippen LogP contribution in [0.4, 0.5) is 0 Å². The highest BCUT2D eigenvalue weighted by Gasteiger charge is 2.45. The maximum Gasteiger partial charge on any atom is 0.248 e. The molecule has 0 bridgehead atoms. The SMILES string of the molecule is CCCCCCCCCCCCCC(=O)NC(C)(C)C(=O)N1CC(O)C[C@H]1C(=O)N[C@@H](CC(C)C)C(=O)N[C@H](C(=O)N[C@@H](CCC(N)=O)C(=O)NC(CO)CC(C)C)C(C)C. The van der Waals surface area contributed by atoms with Gasteiger partial charge in [0, 0.05) is 25.8 Å². The van der Waals surface area contributed by atoms with Gasteiger partial charge in [-0.2, -0.15) is 0 Å². The van der Waals surface area contributed by atoms with E-state index in [2.05, 4.69) is 33.5 Å². The van der Waals surface area contributed by atoms with Crippen LogP contribution in [0.1, 0.15) is 171 Å². The number of amides is 7. The summed E-state index contributed by atoms with van der Waals surface area (Å²) >= 11 is 0. The van der Waals surface area contributed by atoms with E-state index in [4.69, 9.17) is 5.73 Å². The van der Waals surface area contributed by atoms with E-state index in [1.807, 2.05) is 27.7 Å². The second-order valence-corrected chi connectivity index (χ2v) is 18.8. The van der Waals surface area contributed by atoms with E-state index in [-0.39, 0.29) is 63.0 Å². The van der Waals surface area contributed by atoms with Crippen molar-refractivity contribution in [1.82, 2.24) is 31.5 Å². The monoisotopic (exact) mass is 866 g/mol. The quantitative estimate of drug-likeness (QED) is 0.0475. The number of carbonyl (C=O) groups excluding carboxylic acids is 7.